The van der Waals surface area contributed by atoms with Crippen molar-refractivity contribution in [1.29, 1.82) is 0 Å². The Balaban J connectivity index is 2.24. The van der Waals surface area contributed by atoms with Crippen molar-refractivity contribution in [3.05, 3.63) is 62.7 Å². The molecule has 0 radical (unpaired) electrons. The zero-order chi connectivity index (χ0) is 16.3. The number of halogens is 2. The molecule has 1 N–H and O–H groups in total. The molecule has 2 aromatic rings. The first-order valence-electron chi connectivity index (χ1n) is 6.33. The highest BCUT2D eigenvalue weighted by atomic mass is 79.9. The summed E-state index contributed by atoms with van der Waals surface area (Å²) in [6, 6.07) is 6.66. The van der Waals surface area contributed by atoms with E-state index in [-0.39, 0.29) is 29.3 Å². The van der Waals surface area contributed by atoms with Gasteiger partial charge in [-0.25, -0.2) is 4.39 Å². The van der Waals surface area contributed by atoms with E-state index in [1.165, 1.54) is 35.9 Å². The van der Waals surface area contributed by atoms with Crippen LogP contribution in [0.1, 0.15) is 17.3 Å². The van der Waals surface area contributed by atoms with Crippen LogP contribution in [-0.4, -0.2) is 16.3 Å². The van der Waals surface area contributed by atoms with E-state index in [0.717, 1.165) is 6.07 Å². The summed E-state index contributed by atoms with van der Waals surface area (Å²) in [6.45, 7) is 1.03. The van der Waals surface area contributed by atoms with Gasteiger partial charge in [0, 0.05) is 29.3 Å². The van der Waals surface area contributed by atoms with Gasteiger partial charge in [-0.05, 0) is 40.2 Å². The molecule has 0 unspecified atom stereocenters. The van der Waals surface area contributed by atoms with Gasteiger partial charge in [-0.3, -0.25) is 14.4 Å². The van der Waals surface area contributed by atoms with Crippen molar-refractivity contribution in [3.63, 3.8) is 0 Å². The Morgan fingerprint density at radius 1 is 1.27 bits per heavy atom. The first kappa shape index (κ1) is 16.1. The van der Waals surface area contributed by atoms with Crippen LogP contribution in [-0.2, 0) is 11.3 Å². The van der Waals surface area contributed by atoms with Gasteiger partial charge in [0.15, 0.2) is 5.78 Å². The van der Waals surface area contributed by atoms with Crippen molar-refractivity contribution in [2.75, 3.05) is 5.32 Å². The number of ketones is 1. The lowest BCUT2D eigenvalue weighted by atomic mass is 10.1. The van der Waals surface area contributed by atoms with E-state index in [0.29, 0.717) is 4.47 Å². The van der Waals surface area contributed by atoms with E-state index in [4.69, 9.17) is 0 Å². The number of carbonyl (C=O) groups is 2. The Labute approximate surface area is 133 Å². The van der Waals surface area contributed by atoms with E-state index in [1.54, 1.807) is 6.07 Å². The number of anilines is 1. The minimum absolute atomic E-state index is 0.138. The van der Waals surface area contributed by atoms with Crippen LogP contribution in [0.5, 0.6) is 0 Å². The van der Waals surface area contributed by atoms with Crippen molar-refractivity contribution < 1.29 is 14.0 Å². The molecule has 0 aliphatic heterocycles. The van der Waals surface area contributed by atoms with Gasteiger partial charge in [0.2, 0.25) is 5.91 Å². The molecule has 1 heterocycles. The van der Waals surface area contributed by atoms with Gasteiger partial charge in [0.05, 0.1) is 12.1 Å². The standard InChI is InChI=1S/C15H12BrFN2O3/c1-9(20)18-11-3-4-12(13(17)6-11)14(21)8-19-7-10(16)2-5-15(19)22/h2-7H,8H2,1H3,(H,18,20). The molecule has 0 atom stereocenters. The minimum Gasteiger partial charge on any atom is -0.326 e. The molecular weight excluding hydrogens is 355 g/mol. The van der Waals surface area contributed by atoms with Crippen LogP contribution < -0.4 is 10.9 Å². The lowest BCUT2D eigenvalue weighted by Gasteiger charge is -2.08. The molecule has 7 heteroatoms. The molecule has 114 valence electrons. The molecule has 22 heavy (non-hydrogen) atoms. The second-order valence-electron chi connectivity index (χ2n) is 4.61. The van der Waals surface area contributed by atoms with Crippen LogP contribution in [0.25, 0.3) is 0 Å². The van der Waals surface area contributed by atoms with Crippen molar-refractivity contribution in [1.82, 2.24) is 4.57 Å². The molecule has 0 saturated heterocycles. The second-order valence-corrected chi connectivity index (χ2v) is 5.53. The summed E-state index contributed by atoms with van der Waals surface area (Å²) < 4.78 is 15.8. The van der Waals surface area contributed by atoms with Crippen LogP contribution in [0.15, 0.2) is 45.8 Å². The lowest BCUT2D eigenvalue weighted by molar-refractivity contribution is -0.114. The first-order valence-corrected chi connectivity index (χ1v) is 7.12. The van der Waals surface area contributed by atoms with E-state index in [1.807, 2.05) is 0 Å². The third-order valence-corrected chi connectivity index (χ3v) is 3.32. The number of hydrogen-bond acceptors (Lipinski definition) is 3. The summed E-state index contributed by atoms with van der Waals surface area (Å²) in [5.74, 6) is -1.62. The zero-order valence-corrected chi connectivity index (χ0v) is 13.2. The second kappa shape index (κ2) is 6.65. The van der Waals surface area contributed by atoms with Gasteiger partial charge in [-0.1, -0.05) is 0 Å². The summed E-state index contributed by atoms with van der Waals surface area (Å²) in [4.78, 5) is 34.7. The maximum Gasteiger partial charge on any atom is 0.251 e. The summed E-state index contributed by atoms with van der Waals surface area (Å²) in [6.07, 6.45) is 1.46. The normalized spacial score (nSPS) is 10.3. The smallest absolute Gasteiger partial charge is 0.251 e. The van der Waals surface area contributed by atoms with Crippen LogP contribution in [0.2, 0.25) is 0 Å². The number of Topliss-reactive ketones (excluding diaryl/α,β-unsaturated/α-hetero) is 1. The third kappa shape index (κ3) is 3.88. The van der Waals surface area contributed by atoms with Gasteiger partial charge >= 0.3 is 0 Å². The average Bonchev–Trinajstić information content (AvgIpc) is 2.42. The van der Waals surface area contributed by atoms with E-state index in [9.17, 15) is 18.8 Å². The molecule has 2 rings (SSSR count). The molecule has 5 nitrogen and oxygen atoms in total. The Kier molecular flexibility index (Phi) is 4.87. The molecule has 0 bridgehead atoms. The first-order chi connectivity index (χ1) is 10.4. The zero-order valence-electron chi connectivity index (χ0n) is 11.6. The highest BCUT2D eigenvalue weighted by Crippen LogP contribution is 2.16. The third-order valence-electron chi connectivity index (χ3n) is 2.85. The number of amides is 1. The minimum atomic E-state index is -0.751. The predicted molar refractivity (Wildman–Crippen MR) is 83.4 cm³/mol. The van der Waals surface area contributed by atoms with Gasteiger partial charge in [0.25, 0.3) is 5.56 Å². The van der Waals surface area contributed by atoms with E-state index >= 15 is 0 Å². The number of benzene rings is 1. The maximum absolute atomic E-state index is 14.0. The molecule has 0 spiro atoms. The molecule has 1 aromatic carbocycles. The molecular formula is C15H12BrFN2O3. The topological polar surface area (TPSA) is 68.2 Å². The molecule has 1 amide bonds. The quantitative estimate of drug-likeness (QED) is 0.845. The SMILES string of the molecule is CC(=O)Nc1ccc(C(=O)Cn2cc(Br)ccc2=O)c(F)c1. The average molecular weight is 367 g/mol. The predicted octanol–water partition coefficient (Wildman–Crippen LogP) is 2.59. The van der Waals surface area contributed by atoms with Gasteiger partial charge in [-0.15, -0.1) is 0 Å². The highest BCUT2D eigenvalue weighted by Gasteiger charge is 2.14. The van der Waals surface area contributed by atoms with Crippen molar-refractivity contribution in [2.45, 2.75) is 13.5 Å². The van der Waals surface area contributed by atoms with Crippen molar-refractivity contribution in [2.24, 2.45) is 0 Å². The summed E-state index contributed by atoms with van der Waals surface area (Å²) >= 11 is 3.20. The summed E-state index contributed by atoms with van der Waals surface area (Å²) in [5, 5.41) is 2.43. The molecule has 1 aromatic heterocycles. The Hall–Kier alpha value is -2.28. The van der Waals surface area contributed by atoms with Crippen molar-refractivity contribution in [3.8, 4) is 0 Å². The number of nitrogens with zero attached hydrogens (tertiary/aromatic N) is 1. The summed E-state index contributed by atoms with van der Waals surface area (Å²) in [7, 11) is 0. The maximum atomic E-state index is 14.0. The van der Waals surface area contributed by atoms with E-state index < -0.39 is 11.6 Å². The number of carbonyl (C=O) groups excluding carboxylic acids is 2. The van der Waals surface area contributed by atoms with Gasteiger partial charge in [-0.2, -0.15) is 0 Å². The fraction of sp³-hybridized carbons (Fsp3) is 0.133. The number of hydrogen-bond donors (Lipinski definition) is 1. The lowest BCUT2D eigenvalue weighted by Crippen LogP contribution is -2.23. The molecule has 0 aliphatic carbocycles. The van der Waals surface area contributed by atoms with Crippen LogP contribution >= 0.6 is 15.9 Å². The monoisotopic (exact) mass is 366 g/mol. The fourth-order valence-corrected chi connectivity index (χ4v) is 2.27. The van der Waals surface area contributed by atoms with Crippen molar-refractivity contribution >= 4 is 33.3 Å². The Morgan fingerprint density at radius 3 is 2.64 bits per heavy atom. The van der Waals surface area contributed by atoms with Gasteiger partial charge < -0.3 is 9.88 Å². The number of pyridine rings is 1. The van der Waals surface area contributed by atoms with Crippen LogP contribution in [0.3, 0.4) is 0 Å². The summed E-state index contributed by atoms with van der Waals surface area (Å²) in [5.41, 5.74) is -0.228. The molecule has 0 aliphatic rings. The molecule has 0 saturated carbocycles. The number of nitrogens with one attached hydrogen (secondary N) is 1. The Bertz CT molecular complexity index is 802. The molecule has 0 fully saturated rings. The van der Waals surface area contributed by atoms with Gasteiger partial charge in [0.1, 0.15) is 5.82 Å². The highest BCUT2D eigenvalue weighted by molar-refractivity contribution is 9.10. The van der Waals surface area contributed by atoms with E-state index in [2.05, 4.69) is 21.2 Å². The fourth-order valence-electron chi connectivity index (χ4n) is 1.89. The largest absolute Gasteiger partial charge is 0.326 e. The Morgan fingerprint density at radius 2 is 2.00 bits per heavy atom. The van der Waals surface area contributed by atoms with Crippen LogP contribution in [0, 0.1) is 5.82 Å². The van der Waals surface area contributed by atoms with Crippen LogP contribution in [0.4, 0.5) is 10.1 Å². The number of rotatable bonds is 4. The number of aromatic nitrogens is 1.